The molecule has 0 aromatic carbocycles. The fraction of sp³-hybridized carbons (Fsp3) is 1.00. The van der Waals surface area contributed by atoms with E-state index in [0.717, 1.165) is 39.4 Å². The molecule has 0 bridgehead atoms. The Balaban J connectivity index is -0.0000000877. The summed E-state index contributed by atoms with van der Waals surface area (Å²) >= 11 is 0. The first-order chi connectivity index (χ1) is 19.2. The number of nitrogens with one attached hydrogen (secondary N) is 3. The minimum Gasteiger partial charge on any atom is -0.395 e. The van der Waals surface area contributed by atoms with Gasteiger partial charge in [-0.1, -0.05) is 34.6 Å². The molecule has 0 unspecified atom stereocenters. The molecule has 13 nitrogen and oxygen atoms in total. The Bertz CT molecular complexity index is 356. The fourth-order valence-corrected chi connectivity index (χ4v) is 1.72. The van der Waals surface area contributed by atoms with Gasteiger partial charge in [0.25, 0.3) is 0 Å². The number of morpholine rings is 1. The van der Waals surface area contributed by atoms with Gasteiger partial charge in [-0.15, -0.1) is 0 Å². The molecule has 1 fully saturated rings. The Labute approximate surface area is 253 Å². The highest BCUT2D eigenvalue weighted by atomic mass is 16.5. The fourth-order valence-electron chi connectivity index (χ4n) is 1.72. The Morgan fingerprint density at radius 2 is 1.10 bits per heavy atom. The van der Waals surface area contributed by atoms with Crippen molar-refractivity contribution in [1.29, 1.82) is 0 Å². The maximum atomic E-state index is 8.70. The van der Waals surface area contributed by atoms with Gasteiger partial charge in [0.1, 0.15) is 0 Å². The number of nitrogens with zero attached hydrogens (tertiary/aromatic N) is 1. The van der Waals surface area contributed by atoms with Crippen molar-refractivity contribution in [2.75, 3.05) is 112 Å². The number of nitrogens with two attached hydrogens (primary N) is 3. The molecule has 1 saturated heterocycles. The van der Waals surface area contributed by atoms with Crippen LogP contribution in [0, 0.1) is 0 Å². The van der Waals surface area contributed by atoms with Crippen LogP contribution < -0.4 is 33.2 Å². The van der Waals surface area contributed by atoms with Crippen LogP contribution in [-0.4, -0.2) is 153 Å². The van der Waals surface area contributed by atoms with E-state index in [9.17, 15) is 0 Å². The lowest BCUT2D eigenvalue weighted by Crippen LogP contribution is -2.35. The first kappa shape index (κ1) is 53.1. The third kappa shape index (κ3) is 92.5. The van der Waals surface area contributed by atoms with Gasteiger partial charge in [0, 0.05) is 44.8 Å². The zero-order valence-electron chi connectivity index (χ0n) is 28.3. The van der Waals surface area contributed by atoms with Crippen LogP contribution in [0.3, 0.4) is 0 Å². The summed E-state index contributed by atoms with van der Waals surface area (Å²) in [7, 11) is 0. The molecular weight excluding hydrogens is 530 g/mol. The Morgan fingerprint density at radius 3 is 1.17 bits per heavy atom. The minimum atomic E-state index is -0.681. The minimum absolute atomic E-state index is 0.0486. The van der Waals surface area contributed by atoms with E-state index in [-0.39, 0.29) is 26.4 Å². The smallest absolute Gasteiger partial charge is 0.0713 e. The Kier molecular flexibility index (Phi) is 60.1. The molecule has 0 radical (unpaired) electrons. The highest BCUT2D eigenvalue weighted by Crippen LogP contribution is 1.93. The van der Waals surface area contributed by atoms with Crippen molar-refractivity contribution in [3.05, 3.63) is 0 Å². The van der Waals surface area contributed by atoms with Crippen LogP contribution in [0.5, 0.6) is 0 Å². The van der Waals surface area contributed by atoms with Gasteiger partial charge >= 0.3 is 0 Å². The van der Waals surface area contributed by atoms with Gasteiger partial charge in [0.05, 0.1) is 45.2 Å². The van der Waals surface area contributed by atoms with Crippen LogP contribution in [0.25, 0.3) is 0 Å². The van der Waals surface area contributed by atoms with E-state index in [1.807, 2.05) is 0 Å². The molecule has 14 N–H and O–H groups in total. The second-order valence-corrected chi connectivity index (χ2v) is 9.81. The van der Waals surface area contributed by atoms with Crippen LogP contribution in [0.4, 0.5) is 0 Å². The lowest BCUT2D eigenvalue weighted by molar-refractivity contribution is 0.0898. The number of ether oxygens (including phenoxy) is 1. The molecule has 258 valence electrons. The topological polar surface area (TPSA) is 228 Å². The monoisotopic (exact) mass is 606 g/mol. The summed E-state index contributed by atoms with van der Waals surface area (Å²) in [4.78, 5) is 2.38. The third-order valence-corrected chi connectivity index (χ3v) is 4.30. The molecule has 0 amide bonds. The van der Waals surface area contributed by atoms with E-state index in [4.69, 9.17) is 47.5 Å². The summed E-state index contributed by atoms with van der Waals surface area (Å²) in [5, 5.41) is 50.1. The zero-order valence-corrected chi connectivity index (χ0v) is 28.3. The molecule has 0 aromatic rings. The van der Waals surface area contributed by atoms with Gasteiger partial charge in [-0.2, -0.15) is 0 Å². The van der Waals surface area contributed by atoms with Gasteiger partial charge in [-0.05, 0) is 60.4 Å². The predicted molar refractivity (Wildman–Crippen MR) is 175 cm³/mol. The first-order valence-electron chi connectivity index (χ1n) is 15.0. The third-order valence-electron chi connectivity index (χ3n) is 4.30. The Hall–Kier alpha value is -0.520. The van der Waals surface area contributed by atoms with Crippen molar-refractivity contribution >= 4 is 0 Å². The SMILES string of the molecule is C1COCCN1.CC(C)(N)CO.CC(C)(O)CN.CCN(CC)CC.CCNCC.NCCO.OCCNCCO. The van der Waals surface area contributed by atoms with Crippen LogP contribution in [-0.2, 0) is 4.74 Å². The summed E-state index contributed by atoms with van der Waals surface area (Å²) in [6, 6.07) is 0. The molecule has 1 aliphatic rings. The maximum absolute atomic E-state index is 8.70. The van der Waals surface area contributed by atoms with E-state index in [2.05, 4.69) is 55.5 Å². The highest BCUT2D eigenvalue weighted by Gasteiger charge is 2.06. The number of aliphatic hydroxyl groups excluding tert-OH is 4. The molecule has 0 saturated carbocycles. The lowest BCUT2D eigenvalue weighted by atomic mass is 10.1. The molecule has 13 heteroatoms. The van der Waals surface area contributed by atoms with E-state index in [1.165, 1.54) is 19.6 Å². The molecule has 0 atom stereocenters. The second-order valence-electron chi connectivity index (χ2n) is 9.81. The van der Waals surface area contributed by atoms with Gasteiger partial charge < -0.3 is 68.3 Å². The molecule has 0 aliphatic carbocycles. The lowest BCUT2D eigenvalue weighted by Gasteiger charge is -2.13. The van der Waals surface area contributed by atoms with Crippen molar-refractivity contribution in [3.63, 3.8) is 0 Å². The number of aliphatic hydroxyl groups is 5. The Morgan fingerprint density at radius 1 is 0.756 bits per heavy atom. The van der Waals surface area contributed by atoms with Crippen molar-refractivity contribution < 1.29 is 30.3 Å². The molecule has 1 rings (SSSR count). The van der Waals surface area contributed by atoms with Gasteiger partial charge in [-0.25, -0.2) is 0 Å². The number of hydrogen-bond donors (Lipinski definition) is 11. The molecule has 0 spiro atoms. The van der Waals surface area contributed by atoms with Gasteiger partial charge in [0.15, 0.2) is 0 Å². The summed E-state index contributed by atoms with van der Waals surface area (Å²) < 4.78 is 5.01. The summed E-state index contributed by atoms with van der Waals surface area (Å²) in [6.45, 7) is 29.5. The van der Waals surface area contributed by atoms with Crippen LogP contribution in [0.15, 0.2) is 0 Å². The van der Waals surface area contributed by atoms with Crippen LogP contribution in [0.1, 0.15) is 62.3 Å². The zero-order chi connectivity index (χ0) is 33.4. The quantitative estimate of drug-likeness (QED) is 0.114. The van der Waals surface area contributed by atoms with E-state index >= 15 is 0 Å². The molecule has 0 aromatic heterocycles. The van der Waals surface area contributed by atoms with Gasteiger partial charge in [-0.3, -0.25) is 0 Å². The maximum Gasteiger partial charge on any atom is 0.0713 e. The summed E-state index contributed by atoms with van der Waals surface area (Å²) in [5.41, 5.74) is 14.0. The van der Waals surface area contributed by atoms with Crippen molar-refractivity contribution in [3.8, 4) is 0 Å². The van der Waals surface area contributed by atoms with Crippen LogP contribution >= 0.6 is 0 Å². The van der Waals surface area contributed by atoms with Gasteiger partial charge in [0.2, 0.25) is 0 Å². The normalized spacial score (nSPS) is 12.1. The number of rotatable bonds is 12. The van der Waals surface area contributed by atoms with Crippen molar-refractivity contribution in [2.45, 2.75) is 73.5 Å². The molecule has 41 heavy (non-hydrogen) atoms. The average Bonchev–Trinajstić information content (AvgIpc) is 2.97. The van der Waals surface area contributed by atoms with Crippen LogP contribution in [0.2, 0.25) is 0 Å². The van der Waals surface area contributed by atoms with E-state index in [0.29, 0.717) is 26.2 Å². The van der Waals surface area contributed by atoms with E-state index < -0.39 is 11.1 Å². The first-order valence-corrected chi connectivity index (χ1v) is 15.0. The molecule has 1 aliphatic heterocycles. The molecule has 1 heterocycles. The number of hydrogen-bond acceptors (Lipinski definition) is 13. The van der Waals surface area contributed by atoms with E-state index in [1.54, 1.807) is 27.7 Å². The summed E-state index contributed by atoms with van der Waals surface area (Å²) in [5.74, 6) is 0. The average molecular weight is 606 g/mol. The van der Waals surface area contributed by atoms with Crippen molar-refractivity contribution in [1.82, 2.24) is 20.9 Å². The highest BCUT2D eigenvalue weighted by molar-refractivity contribution is 4.67. The largest absolute Gasteiger partial charge is 0.395 e. The second kappa shape index (κ2) is 46.4. The van der Waals surface area contributed by atoms with Crippen molar-refractivity contribution in [2.24, 2.45) is 17.2 Å². The standard InChI is InChI=1S/C6H15N.C4H11NO2.C4H9NO.2C4H11NO.C4H11N.C2H7NO/c1-4-7(5-2)6-3;6-3-1-5-2-4-7;1-3-6-4-2-5-1;1-4(2,5)3-6;1-4(2,6)3-5;1-3-5-4-2;3-1-2-4/h4-6H2,1-3H3;5-7H,1-4H2;5H,1-4H2;2*6H,3,5H2,1-2H3;5H,3-4H2,1-2H3;4H,1-3H2. The molecular formula is C28H75N7O6. The summed E-state index contributed by atoms with van der Waals surface area (Å²) in [6.07, 6.45) is 0. The predicted octanol–water partition coefficient (Wildman–Crippen LogP) is -1.50.